The second-order valence-electron chi connectivity index (χ2n) is 10.4. The molecule has 4 aliphatic rings. The van der Waals surface area contributed by atoms with E-state index in [4.69, 9.17) is 4.74 Å². The van der Waals surface area contributed by atoms with Crippen molar-refractivity contribution in [2.24, 2.45) is 0 Å². The van der Waals surface area contributed by atoms with Crippen LogP contribution < -0.4 is 10.1 Å². The molecule has 3 heterocycles. The number of hydrogen-bond donors (Lipinski definition) is 1. The van der Waals surface area contributed by atoms with Crippen molar-refractivity contribution in [3.8, 4) is 5.75 Å². The first-order chi connectivity index (χ1) is 17.5. The third-order valence-electron chi connectivity index (χ3n) is 8.15. The van der Waals surface area contributed by atoms with Gasteiger partial charge in [-0.3, -0.25) is 24.6 Å². The van der Waals surface area contributed by atoms with E-state index in [0.29, 0.717) is 30.5 Å². The molecule has 1 aliphatic carbocycles. The van der Waals surface area contributed by atoms with E-state index in [9.17, 15) is 18.8 Å². The Hall–Kier alpha value is -3.26. The Kier molecular flexibility index (Phi) is 5.99. The summed E-state index contributed by atoms with van der Waals surface area (Å²) in [5.41, 5.74) is 2.50. The number of ether oxygens (including phenoxy) is 1. The van der Waals surface area contributed by atoms with Crippen LogP contribution >= 0.6 is 0 Å². The summed E-state index contributed by atoms with van der Waals surface area (Å²) >= 11 is 0. The maximum Gasteiger partial charge on any atom is 0.255 e. The maximum absolute atomic E-state index is 13.6. The van der Waals surface area contributed by atoms with Crippen molar-refractivity contribution >= 4 is 17.7 Å². The van der Waals surface area contributed by atoms with Crippen LogP contribution in [-0.4, -0.2) is 58.8 Å². The lowest BCUT2D eigenvalue weighted by Gasteiger charge is -2.48. The predicted octanol–water partition coefficient (Wildman–Crippen LogP) is 3.38. The standard InChI is InChI=1S/C28H30FN3O4/c29-20-5-3-4-17(12-20)19-14-31(15-19)23-6-1-2-7-25(23)36-21-8-9-22-18(13-21)16-32(28(22)35)24-10-11-26(33)30-27(24)34/h3-5,8-9,12-13,19,23-25H,1-2,6-7,10-11,14-16H2,(H,30,33,34)/t23-,24?,25+/m0/s1. The molecular formula is C28H30FN3O4. The fourth-order valence-corrected chi connectivity index (χ4v) is 6.19. The number of carbonyl (C=O) groups is 3. The van der Waals surface area contributed by atoms with Gasteiger partial charge in [-0.1, -0.05) is 18.6 Å². The number of fused-ring (bicyclic) bond motifs is 1. The van der Waals surface area contributed by atoms with Crippen LogP contribution in [0.1, 0.15) is 65.9 Å². The van der Waals surface area contributed by atoms with Crippen LogP contribution in [0.15, 0.2) is 42.5 Å². The van der Waals surface area contributed by atoms with Crippen molar-refractivity contribution in [2.45, 2.75) is 69.2 Å². The van der Waals surface area contributed by atoms with Gasteiger partial charge in [0.15, 0.2) is 0 Å². The fourth-order valence-electron chi connectivity index (χ4n) is 6.19. The number of imide groups is 1. The van der Waals surface area contributed by atoms with Crippen LogP contribution in [-0.2, 0) is 16.1 Å². The first kappa shape index (κ1) is 23.2. The molecule has 0 aromatic heterocycles. The van der Waals surface area contributed by atoms with Gasteiger partial charge in [-0.15, -0.1) is 0 Å². The number of nitrogens with one attached hydrogen (secondary N) is 1. The molecule has 2 saturated heterocycles. The zero-order valence-corrected chi connectivity index (χ0v) is 20.1. The van der Waals surface area contributed by atoms with Crippen molar-refractivity contribution in [1.29, 1.82) is 0 Å². The fraction of sp³-hybridized carbons (Fsp3) is 0.464. The van der Waals surface area contributed by atoms with Crippen LogP contribution in [0.5, 0.6) is 5.75 Å². The second-order valence-corrected chi connectivity index (χ2v) is 10.4. The molecule has 0 radical (unpaired) electrons. The van der Waals surface area contributed by atoms with Crippen LogP contribution in [0.3, 0.4) is 0 Å². The average molecular weight is 492 g/mol. The number of amides is 3. The molecule has 2 aromatic carbocycles. The molecule has 0 spiro atoms. The van der Waals surface area contributed by atoms with E-state index in [2.05, 4.69) is 10.2 Å². The summed E-state index contributed by atoms with van der Waals surface area (Å²) in [5.74, 6) is 0.0441. The Labute approximate surface area is 209 Å². The Morgan fingerprint density at radius 2 is 1.81 bits per heavy atom. The number of halogens is 1. The number of benzene rings is 2. The van der Waals surface area contributed by atoms with Gasteiger partial charge >= 0.3 is 0 Å². The lowest BCUT2D eigenvalue weighted by molar-refractivity contribution is -0.136. The van der Waals surface area contributed by atoms with Crippen LogP contribution in [0.2, 0.25) is 0 Å². The van der Waals surface area contributed by atoms with E-state index in [-0.39, 0.29) is 30.2 Å². The molecule has 3 atom stereocenters. The molecule has 0 bridgehead atoms. The molecule has 6 rings (SSSR count). The highest BCUT2D eigenvalue weighted by atomic mass is 19.1. The predicted molar refractivity (Wildman–Crippen MR) is 130 cm³/mol. The summed E-state index contributed by atoms with van der Waals surface area (Å²) in [4.78, 5) is 40.8. The highest BCUT2D eigenvalue weighted by molar-refractivity contribution is 6.05. The minimum atomic E-state index is -0.618. The quantitative estimate of drug-likeness (QED) is 0.649. The van der Waals surface area contributed by atoms with E-state index in [1.54, 1.807) is 23.1 Å². The molecule has 8 heteroatoms. The Balaban J connectivity index is 1.12. The van der Waals surface area contributed by atoms with E-state index < -0.39 is 11.9 Å². The molecule has 2 aromatic rings. The molecule has 1 saturated carbocycles. The first-order valence-corrected chi connectivity index (χ1v) is 12.9. The maximum atomic E-state index is 13.6. The number of piperidine rings is 1. The van der Waals surface area contributed by atoms with Crippen molar-refractivity contribution < 1.29 is 23.5 Å². The SMILES string of the molecule is O=C1CCC(N2Cc3cc(O[C@@H]4CCCC[C@@H]4N4CC(c5cccc(F)c5)C4)ccc3C2=O)C(=O)N1. The molecule has 36 heavy (non-hydrogen) atoms. The highest BCUT2D eigenvalue weighted by Gasteiger charge is 2.41. The van der Waals surface area contributed by atoms with Gasteiger partial charge in [0.25, 0.3) is 5.91 Å². The molecule has 7 nitrogen and oxygen atoms in total. The average Bonchev–Trinajstić information content (AvgIpc) is 3.15. The summed E-state index contributed by atoms with van der Waals surface area (Å²) in [6.45, 7) is 2.16. The van der Waals surface area contributed by atoms with Gasteiger partial charge in [0, 0.05) is 43.6 Å². The number of rotatable bonds is 5. The largest absolute Gasteiger partial charge is 0.489 e. The summed E-state index contributed by atoms with van der Waals surface area (Å²) in [5, 5.41) is 2.34. The minimum Gasteiger partial charge on any atom is -0.489 e. The van der Waals surface area contributed by atoms with Gasteiger partial charge in [0.2, 0.25) is 11.8 Å². The van der Waals surface area contributed by atoms with Crippen LogP contribution in [0.25, 0.3) is 0 Å². The monoisotopic (exact) mass is 491 g/mol. The highest BCUT2D eigenvalue weighted by Crippen LogP contribution is 2.36. The zero-order valence-electron chi connectivity index (χ0n) is 20.1. The summed E-state index contributed by atoms with van der Waals surface area (Å²) in [6, 6.07) is 12.2. The number of nitrogens with zero attached hydrogens (tertiary/aromatic N) is 2. The van der Waals surface area contributed by atoms with Crippen molar-refractivity contribution in [3.05, 3.63) is 65.0 Å². The van der Waals surface area contributed by atoms with E-state index in [0.717, 1.165) is 49.2 Å². The molecule has 1 N–H and O–H groups in total. The second kappa shape index (κ2) is 9.32. The molecule has 3 aliphatic heterocycles. The van der Waals surface area contributed by atoms with Gasteiger partial charge in [-0.05, 0) is 67.1 Å². The van der Waals surface area contributed by atoms with Gasteiger partial charge in [-0.25, -0.2) is 4.39 Å². The lowest BCUT2D eigenvalue weighted by atomic mass is 9.84. The normalized spacial score (nSPS) is 27.0. The summed E-state index contributed by atoms with van der Waals surface area (Å²) < 4.78 is 20.1. The van der Waals surface area contributed by atoms with Crippen molar-refractivity contribution in [1.82, 2.24) is 15.1 Å². The third-order valence-corrected chi connectivity index (χ3v) is 8.15. The minimum absolute atomic E-state index is 0.0635. The van der Waals surface area contributed by atoms with Crippen molar-refractivity contribution in [2.75, 3.05) is 13.1 Å². The third kappa shape index (κ3) is 4.28. The van der Waals surface area contributed by atoms with E-state index in [1.807, 2.05) is 18.2 Å². The van der Waals surface area contributed by atoms with E-state index in [1.165, 1.54) is 12.5 Å². The van der Waals surface area contributed by atoms with Crippen LogP contribution in [0.4, 0.5) is 4.39 Å². The summed E-state index contributed by atoms with van der Waals surface area (Å²) in [6.07, 6.45) is 5.00. The molecule has 1 unspecified atom stereocenters. The molecule has 3 fully saturated rings. The smallest absolute Gasteiger partial charge is 0.255 e. The van der Waals surface area contributed by atoms with Gasteiger partial charge in [0.05, 0.1) is 0 Å². The Bertz CT molecular complexity index is 1210. The van der Waals surface area contributed by atoms with E-state index >= 15 is 0 Å². The van der Waals surface area contributed by atoms with Crippen molar-refractivity contribution in [3.63, 3.8) is 0 Å². The number of hydrogen-bond acceptors (Lipinski definition) is 5. The molecular weight excluding hydrogens is 461 g/mol. The Morgan fingerprint density at radius 3 is 2.61 bits per heavy atom. The number of carbonyl (C=O) groups excluding carboxylic acids is 3. The zero-order chi connectivity index (χ0) is 24.8. The molecule has 188 valence electrons. The summed E-state index contributed by atoms with van der Waals surface area (Å²) in [7, 11) is 0. The first-order valence-electron chi connectivity index (χ1n) is 12.9. The van der Waals surface area contributed by atoms with Gasteiger partial charge in [0.1, 0.15) is 23.7 Å². The van der Waals surface area contributed by atoms with Gasteiger partial charge in [-0.2, -0.15) is 0 Å². The lowest BCUT2D eigenvalue weighted by Crippen LogP contribution is -2.57. The van der Waals surface area contributed by atoms with Crippen LogP contribution in [0, 0.1) is 5.82 Å². The number of likely N-dealkylation sites (tertiary alicyclic amines) is 1. The van der Waals surface area contributed by atoms with Gasteiger partial charge < -0.3 is 9.64 Å². The Morgan fingerprint density at radius 1 is 0.972 bits per heavy atom. The molecule has 3 amide bonds. The topological polar surface area (TPSA) is 79.0 Å².